The Balaban J connectivity index is 1.54. The maximum Gasteiger partial charge on any atom is 0.487 e. The number of unbranched alkanes of at least 4 members (excludes halogenated alkanes) is 1. The molecule has 5 unspecified atom stereocenters. The minimum atomic E-state index is -1.49. The lowest BCUT2D eigenvalue weighted by molar-refractivity contribution is -0.199. The normalized spacial score (nSPS) is 28.1. The van der Waals surface area contributed by atoms with E-state index in [1.807, 2.05) is 6.92 Å². The van der Waals surface area contributed by atoms with Crippen LogP contribution in [-0.4, -0.2) is 55.9 Å². The molecule has 2 N–H and O–H groups in total. The number of esters is 2. The molecule has 1 aromatic carbocycles. The lowest BCUT2D eigenvalue weighted by atomic mass is 9.43. The van der Waals surface area contributed by atoms with Gasteiger partial charge in [0.05, 0.1) is 18.8 Å². The fourth-order valence-electron chi connectivity index (χ4n) is 6.79. The first-order valence-electron chi connectivity index (χ1n) is 14.1. The van der Waals surface area contributed by atoms with Gasteiger partial charge in [-0.05, 0) is 61.5 Å². The third-order valence-corrected chi connectivity index (χ3v) is 9.36. The largest absolute Gasteiger partial charge is 0.496 e. The number of benzene rings is 1. The number of carbonyl (C=O) groups is 3. The summed E-state index contributed by atoms with van der Waals surface area (Å²) in [7, 11) is 0.506. The van der Waals surface area contributed by atoms with Crippen LogP contribution < -0.4 is 10.5 Å². The van der Waals surface area contributed by atoms with Crippen LogP contribution in [0.5, 0.6) is 5.75 Å². The highest BCUT2D eigenvalue weighted by molar-refractivity contribution is 6.56. The van der Waals surface area contributed by atoms with Gasteiger partial charge in [0.1, 0.15) is 16.8 Å². The first-order chi connectivity index (χ1) is 18.4. The standard InChI is InChI=1S/C29H42BNO8/c1-7-9-13-24(33)36-17-37-26(34)20-12-10-11-18(25(20)35-6)16-29(31,22(32)8-2)30-38-23-15-19-14-21(27(19,3)4)28(23,5)39-30/h10-12,19,21,23H,7-9,13-17,31H2,1-6H3. The first kappa shape index (κ1) is 29.6. The molecule has 1 aliphatic heterocycles. The van der Waals surface area contributed by atoms with E-state index < -0.39 is 36.9 Å². The summed E-state index contributed by atoms with van der Waals surface area (Å²) >= 11 is 0. The summed E-state index contributed by atoms with van der Waals surface area (Å²) in [5.74, 6) is -0.216. The number of hydrogen-bond donors (Lipinski definition) is 1. The van der Waals surface area contributed by atoms with Gasteiger partial charge in [-0.15, -0.1) is 0 Å². The number of carbonyl (C=O) groups excluding carboxylic acids is 3. The second-order valence-electron chi connectivity index (χ2n) is 12.0. The van der Waals surface area contributed by atoms with Gasteiger partial charge in [0.25, 0.3) is 0 Å². The molecule has 5 rings (SSSR count). The predicted molar refractivity (Wildman–Crippen MR) is 145 cm³/mol. The second-order valence-corrected chi connectivity index (χ2v) is 12.0. The third kappa shape index (κ3) is 5.23. The fourth-order valence-corrected chi connectivity index (χ4v) is 6.79. The minimum Gasteiger partial charge on any atom is -0.496 e. The van der Waals surface area contributed by atoms with Crippen LogP contribution in [0.4, 0.5) is 0 Å². The summed E-state index contributed by atoms with van der Waals surface area (Å²) in [6.45, 7) is 9.88. The predicted octanol–water partition coefficient (Wildman–Crippen LogP) is 4.03. The van der Waals surface area contributed by atoms with Crippen LogP contribution in [0.25, 0.3) is 0 Å². The molecule has 39 heavy (non-hydrogen) atoms. The summed E-state index contributed by atoms with van der Waals surface area (Å²) in [5, 5.41) is 0. The van der Waals surface area contributed by atoms with Crippen molar-refractivity contribution in [1.29, 1.82) is 0 Å². The Bertz CT molecular complexity index is 1110. The van der Waals surface area contributed by atoms with E-state index in [0.717, 1.165) is 19.3 Å². The summed E-state index contributed by atoms with van der Waals surface area (Å²) in [6.07, 6.45) is 3.90. The number of ketones is 1. The van der Waals surface area contributed by atoms with Crippen LogP contribution in [0.3, 0.4) is 0 Å². The van der Waals surface area contributed by atoms with Crippen molar-refractivity contribution in [2.75, 3.05) is 13.9 Å². The maximum absolute atomic E-state index is 13.4. The molecular weight excluding hydrogens is 501 g/mol. The van der Waals surface area contributed by atoms with Crippen molar-refractivity contribution in [3.63, 3.8) is 0 Å². The Morgan fingerprint density at radius 2 is 1.90 bits per heavy atom. The van der Waals surface area contributed by atoms with E-state index in [2.05, 4.69) is 20.8 Å². The highest BCUT2D eigenvalue weighted by atomic mass is 16.7. The molecular formula is C29H42BNO8. The molecule has 0 aromatic heterocycles. The molecule has 3 aliphatic carbocycles. The maximum atomic E-state index is 13.4. The van der Waals surface area contributed by atoms with E-state index in [-0.39, 0.29) is 47.9 Å². The first-order valence-corrected chi connectivity index (χ1v) is 14.1. The SMILES string of the molecule is CCCCC(=O)OCOC(=O)c1cccc(CC(N)(B2OC3CC4CC(C4(C)C)C3(C)O2)C(=O)CC)c1OC. The summed E-state index contributed by atoms with van der Waals surface area (Å²) in [4.78, 5) is 38.0. The smallest absolute Gasteiger partial charge is 0.487 e. The van der Waals surface area contributed by atoms with Gasteiger partial charge < -0.3 is 29.3 Å². The van der Waals surface area contributed by atoms with E-state index in [9.17, 15) is 14.4 Å². The van der Waals surface area contributed by atoms with Gasteiger partial charge in [-0.3, -0.25) is 9.59 Å². The van der Waals surface area contributed by atoms with E-state index in [1.54, 1.807) is 25.1 Å². The van der Waals surface area contributed by atoms with Gasteiger partial charge >= 0.3 is 19.1 Å². The van der Waals surface area contributed by atoms with E-state index in [1.165, 1.54) is 7.11 Å². The topological polar surface area (TPSA) is 123 Å². The molecule has 1 heterocycles. The summed E-state index contributed by atoms with van der Waals surface area (Å²) in [6, 6.07) is 4.99. The van der Waals surface area contributed by atoms with Crippen molar-refractivity contribution in [3.8, 4) is 5.75 Å². The average Bonchev–Trinajstić information content (AvgIpc) is 3.28. The zero-order valence-corrected chi connectivity index (χ0v) is 24.0. The van der Waals surface area contributed by atoms with Crippen molar-refractivity contribution in [2.45, 2.75) is 96.7 Å². The van der Waals surface area contributed by atoms with E-state index in [4.69, 9.17) is 29.3 Å². The molecule has 214 valence electrons. The van der Waals surface area contributed by atoms with E-state index >= 15 is 0 Å². The van der Waals surface area contributed by atoms with Gasteiger partial charge in [-0.2, -0.15) is 0 Å². The van der Waals surface area contributed by atoms with Crippen molar-refractivity contribution < 1.29 is 37.9 Å². The highest BCUT2D eigenvalue weighted by Crippen LogP contribution is 2.66. The quantitative estimate of drug-likeness (QED) is 0.236. The van der Waals surface area contributed by atoms with Crippen LogP contribution in [0.1, 0.15) is 89.1 Å². The molecule has 9 nitrogen and oxygen atoms in total. The Hall–Kier alpha value is -2.43. The van der Waals surface area contributed by atoms with Gasteiger partial charge in [0.15, 0.2) is 5.78 Å². The Morgan fingerprint density at radius 3 is 2.54 bits per heavy atom. The Labute approximate surface area is 231 Å². The number of rotatable bonds is 12. The van der Waals surface area contributed by atoms with Gasteiger partial charge in [-0.1, -0.05) is 46.2 Å². The molecule has 1 aromatic rings. The van der Waals surface area contributed by atoms with Crippen molar-refractivity contribution in [3.05, 3.63) is 29.3 Å². The highest BCUT2D eigenvalue weighted by Gasteiger charge is 2.70. The van der Waals surface area contributed by atoms with Gasteiger partial charge in [0.2, 0.25) is 6.79 Å². The Kier molecular flexibility index (Phi) is 8.50. The number of nitrogens with two attached hydrogens (primary N) is 1. The van der Waals surface area contributed by atoms with Gasteiger partial charge in [0, 0.05) is 12.8 Å². The number of Topliss-reactive ketones (excluding diaryl/α,β-unsaturated/α-hetero) is 1. The van der Waals surface area contributed by atoms with Crippen molar-refractivity contribution in [1.82, 2.24) is 0 Å². The zero-order valence-electron chi connectivity index (χ0n) is 24.0. The molecule has 2 bridgehead atoms. The van der Waals surface area contributed by atoms with Crippen LogP contribution in [0.2, 0.25) is 0 Å². The average molecular weight is 543 g/mol. The van der Waals surface area contributed by atoms with Crippen molar-refractivity contribution in [2.24, 2.45) is 23.0 Å². The van der Waals surface area contributed by atoms with E-state index in [0.29, 0.717) is 23.8 Å². The summed E-state index contributed by atoms with van der Waals surface area (Å²) < 4.78 is 28.8. The third-order valence-electron chi connectivity index (χ3n) is 9.36. The van der Waals surface area contributed by atoms with Crippen LogP contribution in [0, 0.1) is 17.3 Å². The molecule has 4 aliphatic rings. The molecule has 10 heteroatoms. The number of para-hydroxylation sites is 1. The second kappa shape index (κ2) is 11.2. The molecule has 4 fully saturated rings. The number of ether oxygens (including phenoxy) is 3. The molecule has 0 spiro atoms. The Morgan fingerprint density at radius 1 is 1.15 bits per heavy atom. The lowest BCUT2D eigenvalue weighted by Crippen LogP contribution is -2.66. The van der Waals surface area contributed by atoms with Crippen molar-refractivity contribution >= 4 is 24.8 Å². The number of methoxy groups -OCH3 is 1. The molecule has 5 atom stereocenters. The van der Waals surface area contributed by atoms with Gasteiger partial charge in [-0.25, -0.2) is 4.79 Å². The van der Waals surface area contributed by atoms with Crippen LogP contribution >= 0.6 is 0 Å². The molecule has 1 saturated heterocycles. The number of hydrogen-bond acceptors (Lipinski definition) is 9. The molecule has 0 radical (unpaired) electrons. The minimum absolute atomic E-state index is 0.0426. The lowest BCUT2D eigenvalue weighted by Gasteiger charge is -2.64. The molecule has 3 saturated carbocycles. The molecule has 0 amide bonds. The van der Waals surface area contributed by atoms with Crippen LogP contribution in [0.15, 0.2) is 18.2 Å². The fraction of sp³-hybridized carbons (Fsp3) is 0.690. The monoisotopic (exact) mass is 543 g/mol. The van der Waals surface area contributed by atoms with Crippen LogP contribution in [-0.2, 0) is 34.8 Å². The zero-order chi connectivity index (χ0) is 28.6. The summed E-state index contributed by atoms with van der Waals surface area (Å²) in [5.41, 5.74) is 5.73.